The van der Waals surface area contributed by atoms with Crippen molar-refractivity contribution in [3.8, 4) is 11.4 Å². The van der Waals surface area contributed by atoms with Crippen LogP contribution >= 0.6 is 0 Å². The van der Waals surface area contributed by atoms with Crippen molar-refractivity contribution in [1.82, 2.24) is 14.0 Å². The average molecular weight is 470 g/mol. The van der Waals surface area contributed by atoms with Crippen molar-refractivity contribution in [3.63, 3.8) is 0 Å². The number of rotatable bonds is 11. The van der Waals surface area contributed by atoms with Crippen molar-refractivity contribution in [2.45, 2.75) is 60.0 Å². The van der Waals surface area contributed by atoms with Crippen molar-refractivity contribution in [3.05, 3.63) is 57.9 Å². The van der Waals surface area contributed by atoms with Gasteiger partial charge < -0.3 is 14.2 Å². The number of carbonyl (C=O) groups is 1. The van der Waals surface area contributed by atoms with Crippen LogP contribution in [0.5, 0.6) is 5.75 Å². The van der Waals surface area contributed by atoms with Gasteiger partial charge in [-0.3, -0.25) is 14.2 Å². The van der Waals surface area contributed by atoms with Crippen molar-refractivity contribution >= 4 is 16.7 Å². The summed E-state index contributed by atoms with van der Waals surface area (Å²) in [5.41, 5.74) is 2.19. The van der Waals surface area contributed by atoms with Gasteiger partial charge in [-0.15, -0.1) is 0 Å². The molecule has 3 rings (SSSR count). The standard InChI is InChI=1S/C27H36FN3O3/c1-7-20-17-22-24(27(33)31(20)21-14-12-19(28)13-15-21)26(34-18(4)5)25(29(22)6)23(32)11-10-16-30(8-2)9-3/h12-15,17-18H,7-11,16H2,1-6H3. The Kier molecular flexibility index (Phi) is 8.31. The third-order valence-electron chi connectivity index (χ3n) is 6.24. The zero-order valence-corrected chi connectivity index (χ0v) is 21.2. The Labute approximate surface area is 200 Å². The molecule has 7 heteroatoms. The zero-order valence-electron chi connectivity index (χ0n) is 21.2. The van der Waals surface area contributed by atoms with Gasteiger partial charge in [-0.25, -0.2) is 4.39 Å². The molecule has 0 N–H and O–H groups in total. The van der Waals surface area contributed by atoms with E-state index in [1.807, 2.05) is 33.9 Å². The molecule has 34 heavy (non-hydrogen) atoms. The van der Waals surface area contributed by atoms with Crippen LogP contribution in [0.4, 0.5) is 4.39 Å². The van der Waals surface area contributed by atoms with Crippen molar-refractivity contribution in [2.24, 2.45) is 7.05 Å². The molecule has 0 bridgehead atoms. The maximum Gasteiger partial charge on any atom is 0.268 e. The molecule has 0 aliphatic carbocycles. The number of Topliss-reactive ketones (excluding diaryl/α,β-unsaturated/α-hetero) is 1. The van der Waals surface area contributed by atoms with E-state index in [0.29, 0.717) is 40.9 Å². The van der Waals surface area contributed by atoms with Gasteiger partial charge in [-0.05, 0) is 76.7 Å². The summed E-state index contributed by atoms with van der Waals surface area (Å²) < 4.78 is 23.0. The largest absolute Gasteiger partial charge is 0.488 e. The number of aryl methyl sites for hydroxylation is 2. The first-order valence-electron chi connectivity index (χ1n) is 12.2. The lowest BCUT2D eigenvalue weighted by atomic mass is 10.1. The van der Waals surface area contributed by atoms with Crippen LogP contribution in [0, 0.1) is 5.82 Å². The molecule has 0 saturated carbocycles. The van der Waals surface area contributed by atoms with Crippen LogP contribution in [0.1, 0.15) is 63.6 Å². The van der Waals surface area contributed by atoms with Gasteiger partial charge in [0.2, 0.25) is 0 Å². The number of benzene rings is 1. The number of carbonyl (C=O) groups excluding carboxylic acids is 1. The number of aromatic nitrogens is 2. The van der Waals surface area contributed by atoms with E-state index in [0.717, 1.165) is 31.7 Å². The Morgan fingerprint density at radius 2 is 1.76 bits per heavy atom. The maximum atomic E-state index is 13.8. The van der Waals surface area contributed by atoms with Gasteiger partial charge in [-0.2, -0.15) is 0 Å². The topological polar surface area (TPSA) is 56.5 Å². The second-order valence-corrected chi connectivity index (χ2v) is 8.82. The third-order valence-corrected chi connectivity index (χ3v) is 6.24. The van der Waals surface area contributed by atoms with Crippen LogP contribution in [0.3, 0.4) is 0 Å². The highest BCUT2D eigenvalue weighted by atomic mass is 19.1. The van der Waals surface area contributed by atoms with Crippen molar-refractivity contribution in [1.29, 1.82) is 0 Å². The quantitative estimate of drug-likeness (QED) is 0.366. The van der Waals surface area contributed by atoms with Gasteiger partial charge in [0, 0.05) is 24.8 Å². The molecule has 0 aliphatic heterocycles. The number of ketones is 1. The molecule has 0 fully saturated rings. The Bertz CT molecular complexity index is 1200. The first kappa shape index (κ1) is 25.7. The summed E-state index contributed by atoms with van der Waals surface area (Å²) in [5, 5.41) is 0.379. The smallest absolute Gasteiger partial charge is 0.268 e. The average Bonchev–Trinajstić information content (AvgIpc) is 3.08. The van der Waals surface area contributed by atoms with Crippen LogP contribution in [-0.4, -0.2) is 45.6 Å². The number of nitrogens with zero attached hydrogens (tertiary/aromatic N) is 3. The first-order valence-corrected chi connectivity index (χ1v) is 12.2. The lowest BCUT2D eigenvalue weighted by Gasteiger charge is -2.17. The van der Waals surface area contributed by atoms with E-state index in [4.69, 9.17) is 4.74 Å². The lowest BCUT2D eigenvalue weighted by molar-refractivity contribution is 0.0961. The Hall–Kier alpha value is -2.93. The van der Waals surface area contributed by atoms with Gasteiger partial charge in [0.1, 0.15) is 16.9 Å². The SMILES string of the molecule is CCc1cc2c(c(OC(C)C)c(C(=O)CCCN(CC)CC)n2C)c(=O)n1-c1ccc(F)cc1. The number of ether oxygens (including phenoxy) is 1. The van der Waals surface area contributed by atoms with Crippen LogP contribution in [0.15, 0.2) is 35.1 Å². The minimum atomic E-state index is -0.364. The normalized spacial score (nSPS) is 11.7. The zero-order chi connectivity index (χ0) is 25.0. The predicted octanol–water partition coefficient (Wildman–Crippen LogP) is 5.12. The fraction of sp³-hybridized carbons (Fsp3) is 0.481. The van der Waals surface area contributed by atoms with Crippen LogP contribution in [-0.2, 0) is 13.5 Å². The number of hydrogen-bond donors (Lipinski definition) is 0. The molecular formula is C27H36FN3O3. The number of fused-ring (bicyclic) bond motifs is 1. The van der Waals surface area contributed by atoms with E-state index < -0.39 is 0 Å². The molecule has 0 amide bonds. The molecule has 6 nitrogen and oxygen atoms in total. The Morgan fingerprint density at radius 3 is 2.32 bits per heavy atom. The Morgan fingerprint density at radius 1 is 1.12 bits per heavy atom. The molecule has 0 radical (unpaired) electrons. The van der Waals surface area contributed by atoms with E-state index in [1.54, 1.807) is 21.3 Å². The molecule has 0 atom stereocenters. The fourth-order valence-electron chi connectivity index (χ4n) is 4.43. The van der Waals surface area contributed by atoms with Crippen molar-refractivity contribution < 1.29 is 13.9 Å². The van der Waals surface area contributed by atoms with E-state index in [1.165, 1.54) is 12.1 Å². The van der Waals surface area contributed by atoms with E-state index in [9.17, 15) is 14.0 Å². The molecule has 0 aliphatic rings. The predicted molar refractivity (Wildman–Crippen MR) is 135 cm³/mol. The highest BCUT2D eigenvalue weighted by Crippen LogP contribution is 2.33. The second-order valence-electron chi connectivity index (χ2n) is 8.82. The summed E-state index contributed by atoms with van der Waals surface area (Å²) >= 11 is 0. The number of pyridine rings is 1. The minimum absolute atomic E-state index is 0.0349. The summed E-state index contributed by atoms with van der Waals surface area (Å²) in [4.78, 5) is 29.5. The second kappa shape index (κ2) is 11.0. The highest BCUT2D eigenvalue weighted by molar-refractivity contribution is 6.05. The third kappa shape index (κ3) is 5.09. The molecule has 0 unspecified atom stereocenters. The molecular weight excluding hydrogens is 433 g/mol. The lowest BCUT2D eigenvalue weighted by Crippen LogP contribution is -2.24. The van der Waals surface area contributed by atoms with Gasteiger partial charge in [0.05, 0.1) is 11.6 Å². The van der Waals surface area contributed by atoms with Gasteiger partial charge in [0.25, 0.3) is 5.56 Å². The van der Waals surface area contributed by atoms with E-state index in [2.05, 4.69) is 18.7 Å². The van der Waals surface area contributed by atoms with E-state index in [-0.39, 0.29) is 23.3 Å². The highest BCUT2D eigenvalue weighted by Gasteiger charge is 2.27. The fourth-order valence-corrected chi connectivity index (χ4v) is 4.43. The first-order chi connectivity index (χ1) is 16.2. The minimum Gasteiger partial charge on any atom is -0.488 e. The summed E-state index contributed by atoms with van der Waals surface area (Å²) in [7, 11) is 1.81. The van der Waals surface area contributed by atoms with Crippen LogP contribution in [0.25, 0.3) is 16.6 Å². The van der Waals surface area contributed by atoms with Crippen LogP contribution in [0.2, 0.25) is 0 Å². The van der Waals surface area contributed by atoms with Gasteiger partial charge in [-0.1, -0.05) is 20.8 Å². The summed E-state index contributed by atoms with van der Waals surface area (Å²) in [6, 6.07) is 7.79. The molecule has 1 aromatic carbocycles. The summed E-state index contributed by atoms with van der Waals surface area (Å²) in [5.74, 6) is -0.0618. The number of hydrogen-bond acceptors (Lipinski definition) is 4. The maximum absolute atomic E-state index is 13.8. The van der Waals surface area contributed by atoms with Crippen molar-refractivity contribution in [2.75, 3.05) is 19.6 Å². The van der Waals surface area contributed by atoms with Crippen LogP contribution < -0.4 is 10.3 Å². The molecule has 0 saturated heterocycles. The van der Waals surface area contributed by atoms with Gasteiger partial charge >= 0.3 is 0 Å². The number of halogens is 1. The summed E-state index contributed by atoms with van der Waals surface area (Å²) in [6.45, 7) is 12.7. The monoisotopic (exact) mass is 469 g/mol. The molecule has 2 heterocycles. The molecule has 184 valence electrons. The molecule has 2 aromatic heterocycles. The Balaban J connectivity index is 2.17. The summed E-state index contributed by atoms with van der Waals surface area (Å²) in [6.07, 6.45) is 1.50. The molecule has 3 aromatic rings. The van der Waals surface area contributed by atoms with E-state index >= 15 is 0 Å². The molecule has 0 spiro atoms. The van der Waals surface area contributed by atoms with Gasteiger partial charge in [0.15, 0.2) is 11.5 Å².